The van der Waals surface area contributed by atoms with Crippen molar-refractivity contribution in [2.75, 3.05) is 18.1 Å². The number of hydrogen-bond donors (Lipinski definition) is 1. The average Bonchev–Trinajstić information content (AvgIpc) is 3.04. The molecule has 0 bridgehead atoms. The van der Waals surface area contributed by atoms with Gasteiger partial charge in [-0.05, 0) is 26.0 Å². The SMILES string of the molecule is CC1(C)O[C@H]2[C@@H](C(=O)N3CCOc4c3ccc(F)c4Cl)NC(=O)[C@H]2O1. The predicted molar refractivity (Wildman–Crippen MR) is 85.0 cm³/mol. The fourth-order valence-electron chi connectivity index (χ4n) is 3.38. The van der Waals surface area contributed by atoms with Crippen LogP contribution in [-0.4, -0.2) is 49.0 Å². The van der Waals surface area contributed by atoms with Crippen LogP contribution in [0.25, 0.3) is 0 Å². The topological polar surface area (TPSA) is 77.1 Å². The van der Waals surface area contributed by atoms with Gasteiger partial charge in [0.25, 0.3) is 11.8 Å². The molecule has 7 nitrogen and oxygen atoms in total. The maximum atomic E-state index is 13.6. The predicted octanol–water partition coefficient (Wildman–Crippen LogP) is 1.22. The standard InChI is InChI=1S/C16H16ClFN2O5/c1-16(2)24-12-10(19-14(21)13(12)25-16)15(22)20-5-6-23-11-8(20)4-3-7(18)9(11)17/h3-4,10,12-13H,5-6H2,1-2H3,(H,19,21)/t10-,12-,13-/m0/s1. The lowest BCUT2D eigenvalue weighted by molar-refractivity contribution is -0.164. The molecule has 0 spiro atoms. The molecule has 3 aliphatic rings. The molecule has 3 aliphatic heterocycles. The minimum Gasteiger partial charge on any atom is -0.488 e. The zero-order valence-corrected chi connectivity index (χ0v) is 14.3. The number of carbonyl (C=O) groups is 2. The number of nitrogens with one attached hydrogen (secondary N) is 1. The number of halogens is 2. The fraction of sp³-hybridized carbons (Fsp3) is 0.500. The van der Waals surface area contributed by atoms with Gasteiger partial charge in [0.1, 0.15) is 29.6 Å². The smallest absolute Gasteiger partial charge is 0.252 e. The quantitative estimate of drug-likeness (QED) is 0.804. The van der Waals surface area contributed by atoms with Gasteiger partial charge in [0.05, 0.1) is 12.2 Å². The Hall–Kier alpha value is -1.90. The molecule has 3 atom stereocenters. The minimum atomic E-state index is -0.943. The maximum absolute atomic E-state index is 13.6. The lowest BCUT2D eigenvalue weighted by atomic mass is 10.1. The maximum Gasteiger partial charge on any atom is 0.252 e. The minimum absolute atomic E-state index is 0.117. The Labute approximate surface area is 148 Å². The molecule has 1 aromatic rings. The van der Waals surface area contributed by atoms with Gasteiger partial charge in [0.2, 0.25) is 0 Å². The van der Waals surface area contributed by atoms with E-state index in [-0.39, 0.29) is 35.7 Å². The molecule has 0 saturated carbocycles. The van der Waals surface area contributed by atoms with Crippen LogP contribution in [0.1, 0.15) is 13.8 Å². The molecule has 9 heteroatoms. The number of carbonyl (C=O) groups excluding carboxylic acids is 2. The molecule has 4 rings (SSSR count). The van der Waals surface area contributed by atoms with Crippen LogP contribution in [0.4, 0.5) is 10.1 Å². The highest BCUT2D eigenvalue weighted by Gasteiger charge is 2.57. The molecule has 0 unspecified atom stereocenters. The Morgan fingerprint density at radius 3 is 2.92 bits per heavy atom. The Morgan fingerprint density at radius 2 is 2.16 bits per heavy atom. The van der Waals surface area contributed by atoms with E-state index in [1.54, 1.807) is 13.8 Å². The Morgan fingerprint density at radius 1 is 1.40 bits per heavy atom. The fourth-order valence-corrected chi connectivity index (χ4v) is 3.60. The summed E-state index contributed by atoms with van der Waals surface area (Å²) in [7, 11) is 0. The van der Waals surface area contributed by atoms with Crippen molar-refractivity contribution in [1.29, 1.82) is 0 Å². The second-order valence-electron chi connectivity index (χ2n) is 6.55. The summed E-state index contributed by atoms with van der Waals surface area (Å²) in [5, 5.41) is 2.44. The van der Waals surface area contributed by atoms with Crippen molar-refractivity contribution in [2.45, 2.75) is 37.9 Å². The van der Waals surface area contributed by atoms with E-state index in [0.717, 1.165) is 0 Å². The second kappa shape index (κ2) is 5.55. The Bertz CT molecular complexity index is 771. The first kappa shape index (κ1) is 16.6. The van der Waals surface area contributed by atoms with Crippen molar-refractivity contribution in [3.05, 3.63) is 23.0 Å². The number of anilines is 1. The highest BCUT2D eigenvalue weighted by atomic mass is 35.5. The molecular weight excluding hydrogens is 355 g/mol. The molecule has 0 aliphatic carbocycles. The molecule has 2 fully saturated rings. The Kier molecular flexibility index (Phi) is 3.68. The van der Waals surface area contributed by atoms with Crippen LogP contribution >= 0.6 is 11.6 Å². The number of benzene rings is 1. The molecule has 2 saturated heterocycles. The third kappa shape index (κ3) is 2.56. The summed E-state index contributed by atoms with van der Waals surface area (Å²) in [5.41, 5.74) is 0.360. The van der Waals surface area contributed by atoms with Gasteiger partial charge in [-0.15, -0.1) is 0 Å². The van der Waals surface area contributed by atoms with E-state index in [4.69, 9.17) is 25.8 Å². The van der Waals surface area contributed by atoms with Crippen LogP contribution in [0.3, 0.4) is 0 Å². The van der Waals surface area contributed by atoms with Crippen LogP contribution in [0.5, 0.6) is 5.75 Å². The van der Waals surface area contributed by atoms with Gasteiger partial charge >= 0.3 is 0 Å². The number of amides is 2. The zero-order chi connectivity index (χ0) is 17.9. The van der Waals surface area contributed by atoms with Gasteiger partial charge in [-0.25, -0.2) is 4.39 Å². The van der Waals surface area contributed by atoms with E-state index in [1.165, 1.54) is 17.0 Å². The van der Waals surface area contributed by atoms with Crippen LogP contribution in [-0.2, 0) is 19.1 Å². The van der Waals surface area contributed by atoms with Crippen molar-refractivity contribution >= 4 is 29.1 Å². The van der Waals surface area contributed by atoms with Crippen LogP contribution < -0.4 is 15.0 Å². The summed E-state index contributed by atoms with van der Waals surface area (Å²) in [6, 6.07) is 1.71. The Balaban J connectivity index is 1.65. The van der Waals surface area contributed by atoms with Gasteiger partial charge in [-0.2, -0.15) is 0 Å². The largest absolute Gasteiger partial charge is 0.488 e. The highest BCUT2D eigenvalue weighted by molar-refractivity contribution is 6.33. The molecule has 2 amide bonds. The molecule has 134 valence electrons. The lowest BCUT2D eigenvalue weighted by Gasteiger charge is -2.33. The van der Waals surface area contributed by atoms with Crippen molar-refractivity contribution in [3.8, 4) is 5.75 Å². The molecule has 1 aromatic carbocycles. The first-order valence-electron chi connectivity index (χ1n) is 7.87. The molecular formula is C16H16ClFN2O5. The van der Waals surface area contributed by atoms with E-state index in [9.17, 15) is 14.0 Å². The third-order valence-electron chi connectivity index (χ3n) is 4.43. The third-order valence-corrected chi connectivity index (χ3v) is 4.78. The molecule has 0 aromatic heterocycles. The molecule has 1 N–H and O–H groups in total. The first-order chi connectivity index (χ1) is 11.8. The van der Waals surface area contributed by atoms with E-state index in [1.807, 2.05) is 0 Å². The van der Waals surface area contributed by atoms with Crippen LogP contribution in [0.15, 0.2) is 12.1 Å². The summed E-state index contributed by atoms with van der Waals surface area (Å²) >= 11 is 5.94. The van der Waals surface area contributed by atoms with Gasteiger partial charge in [-0.3, -0.25) is 9.59 Å². The number of nitrogens with zero attached hydrogens (tertiary/aromatic N) is 1. The van der Waals surface area contributed by atoms with Gasteiger partial charge in [0, 0.05) is 0 Å². The summed E-state index contributed by atoms with van der Waals surface area (Å²) in [6.45, 7) is 3.79. The van der Waals surface area contributed by atoms with Crippen LogP contribution in [0.2, 0.25) is 5.02 Å². The first-order valence-corrected chi connectivity index (χ1v) is 8.24. The average molecular weight is 371 g/mol. The van der Waals surface area contributed by atoms with Crippen LogP contribution in [0, 0.1) is 5.82 Å². The molecule has 3 heterocycles. The summed E-state index contributed by atoms with van der Waals surface area (Å²) in [6.07, 6.45) is -1.56. The second-order valence-corrected chi connectivity index (χ2v) is 6.93. The van der Waals surface area contributed by atoms with Gasteiger partial charge in [-0.1, -0.05) is 11.6 Å². The summed E-state index contributed by atoms with van der Waals surface area (Å²) in [5.74, 6) is -2.22. The molecule has 0 radical (unpaired) electrons. The summed E-state index contributed by atoms with van der Waals surface area (Å²) in [4.78, 5) is 26.6. The van der Waals surface area contributed by atoms with Crippen molar-refractivity contribution in [1.82, 2.24) is 5.32 Å². The van der Waals surface area contributed by atoms with Crippen molar-refractivity contribution in [2.24, 2.45) is 0 Å². The van der Waals surface area contributed by atoms with Gasteiger partial charge < -0.3 is 24.4 Å². The van der Waals surface area contributed by atoms with Gasteiger partial charge in [0.15, 0.2) is 17.6 Å². The van der Waals surface area contributed by atoms with E-state index < -0.39 is 29.9 Å². The monoisotopic (exact) mass is 370 g/mol. The van der Waals surface area contributed by atoms with E-state index in [0.29, 0.717) is 5.69 Å². The number of hydrogen-bond acceptors (Lipinski definition) is 5. The highest BCUT2D eigenvalue weighted by Crippen LogP contribution is 2.41. The van der Waals surface area contributed by atoms with E-state index >= 15 is 0 Å². The van der Waals surface area contributed by atoms with E-state index in [2.05, 4.69) is 5.32 Å². The van der Waals surface area contributed by atoms with Crippen molar-refractivity contribution in [3.63, 3.8) is 0 Å². The number of fused-ring (bicyclic) bond motifs is 2. The number of rotatable bonds is 1. The lowest BCUT2D eigenvalue weighted by Crippen LogP contribution is -2.52. The zero-order valence-electron chi connectivity index (χ0n) is 13.5. The van der Waals surface area contributed by atoms with Crippen molar-refractivity contribution < 1.29 is 28.2 Å². The summed E-state index contributed by atoms with van der Waals surface area (Å²) < 4.78 is 30.3. The molecule has 25 heavy (non-hydrogen) atoms. The number of ether oxygens (including phenoxy) is 3. The normalized spacial score (nSPS) is 29.7.